The van der Waals surface area contributed by atoms with Crippen LogP contribution in [0.3, 0.4) is 0 Å². The van der Waals surface area contributed by atoms with Crippen LogP contribution in [0.25, 0.3) is 0 Å². The fourth-order valence-electron chi connectivity index (χ4n) is 3.94. The Bertz CT molecular complexity index is 987. The van der Waals surface area contributed by atoms with E-state index in [1.54, 1.807) is 0 Å². The fourth-order valence-corrected chi connectivity index (χ4v) is 8.42. The van der Waals surface area contributed by atoms with Gasteiger partial charge >= 0.3 is 11.9 Å². The van der Waals surface area contributed by atoms with Gasteiger partial charge in [0.05, 0.1) is 6.61 Å². The van der Waals surface area contributed by atoms with Crippen LogP contribution in [0.2, 0.25) is 6.04 Å². The molecule has 0 bridgehead atoms. The smallest absolute Gasteiger partial charge is 0.330 e. The summed E-state index contributed by atoms with van der Waals surface area (Å²) in [7, 11) is -2.52. The molecule has 3 rings (SSSR count). The van der Waals surface area contributed by atoms with Gasteiger partial charge in [0.15, 0.2) is 8.07 Å². The van der Waals surface area contributed by atoms with Crippen molar-refractivity contribution in [1.82, 2.24) is 0 Å². The molecule has 0 atom stereocenters. The zero-order valence-electron chi connectivity index (χ0n) is 18.7. The standard InChI is InChI=1S/C27H28O4Si/c1-20-4-10-23(11-5-20)32(24-12-6-21(2)7-13-24,25-14-8-22(3)9-15-25)19-18-31-27(30)17-16-26(28)29/h4-17H,18-19H2,1-3H3,(H,28,29)/b17-16-. The molecule has 1 N–H and O–H groups in total. The maximum absolute atomic E-state index is 12.0. The topological polar surface area (TPSA) is 63.6 Å². The second-order valence-electron chi connectivity index (χ2n) is 8.09. The third-order valence-electron chi connectivity index (χ3n) is 5.72. The third-order valence-corrected chi connectivity index (χ3v) is 10.6. The zero-order chi connectivity index (χ0) is 23.1. The fraction of sp³-hybridized carbons (Fsp3) is 0.185. The van der Waals surface area contributed by atoms with Gasteiger partial charge in [-0.15, -0.1) is 0 Å². The largest absolute Gasteiger partial charge is 0.478 e. The second kappa shape index (κ2) is 10.2. The average molecular weight is 445 g/mol. The number of carboxylic acid groups (broad SMARTS) is 1. The van der Waals surface area contributed by atoms with Crippen LogP contribution in [0, 0.1) is 20.8 Å². The quantitative estimate of drug-likeness (QED) is 0.251. The van der Waals surface area contributed by atoms with E-state index in [2.05, 4.69) is 93.6 Å². The van der Waals surface area contributed by atoms with Crippen LogP contribution in [0.5, 0.6) is 0 Å². The van der Waals surface area contributed by atoms with Crippen molar-refractivity contribution in [1.29, 1.82) is 0 Å². The van der Waals surface area contributed by atoms with Gasteiger partial charge in [0.1, 0.15) is 0 Å². The molecule has 4 nitrogen and oxygen atoms in total. The molecule has 32 heavy (non-hydrogen) atoms. The molecule has 0 radical (unpaired) electrons. The van der Waals surface area contributed by atoms with Crippen LogP contribution < -0.4 is 15.6 Å². The number of benzene rings is 3. The summed E-state index contributed by atoms with van der Waals surface area (Å²) < 4.78 is 5.43. The van der Waals surface area contributed by atoms with E-state index in [1.165, 1.54) is 32.3 Å². The molecule has 0 amide bonds. The van der Waals surface area contributed by atoms with E-state index in [4.69, 9.17) is 9.84 Å². The molecule has 0 aromatic heterocycles. The van der Waals surface area contributed by atoms with Gasteiger partial charge in [-0.1, -0.05) is 89.5 Å². The maximum Gasteiger partial charge on any atom is 0.330 e. The summed E-state index contributed by atoms with van der Waals surface area (Å²) in [6, 6.07) is 26.5. The highest BCUT2D eigenvalue weighted by molar-refractivity contribution is 7.11. The number of carbonyl (C=O) groups excluding carboxylic acids is 1. The first kappa shape index (κ1) is 23.2. The van der Waals surface area contributed by atoms with Crippen LogP contribution in [-0.4, -0.2) is 31.7 Å². The molecule has 164 valence electrons. The van der Waals surface area contributed by atoms with E-state index in [1.807, 2.05) is 0 Å². The highest BCUT2D eigenvalue weighted by Gasteiger charge is 2.39. The lowest BCUT2D eigenvalue weighted by atomic mass is 10.2. The van der Waals surface area contributed by atoms with Gasteiger partial charge in [-0.3, -0.25) is 0 Å². The Morgan fingerprint density at radius 1 is 0.719 bits per heavy atom. The van der Waals surface area contributed by atoms with Crippen LogP contribution in [0.1, 0.15) is 16.7 Å². The Morgan fingerprint density at radius 2 is 1.09 bits per heavy atom. The highest BCUT2D eigenvalue weighted by atomic mass is 28.3. The van der Waals surface area contributed by atoms with Crippen LogP contribution in [0.4, 0.5) is 0 Å². The van der Waals surface area contributed by atoms with E-state index in [0.717, 1.165) is 12.2 Å². The van der Waals surface area contributed by atoms with Gasteiger partial charge in [-0.25, -0.2) is 9.59 Å². The summed E-state index contributed by atoms with van der Waals surface area (Å²) in [6.45, 7) is 6.41. The van der Waals surface area contributed by atoms with Gasteiger partial charge < -0.3 is 9.84 Å². The lowest BCUT2D eigenvalue weighted by Gasteiger charge is -2.34. The molecule has 0 aliphatic rings. The van der Waals surface area contributed by atoms with Crippen LogP contribution in [-0.2, 0) is 14.3 Å². The molecule has 0 fully saturated rings. The summed E-state index contributed by atoms with van der Waals surface area (Å²) in [5, 5.41) is 12.5. The SMILES string of the molecule is Cc1ccc([Si](CCOC(=O)/C=C\C(=O)O)(c2ccc(C)cc2)c2ccc(C)cc2)cc1. The number of esters is 1. The molecule has 5 heteroatoms. The van der Waals surface area contributed by atoms with E-state index >= 15 is 0 Å². The number of aryl methyl sites for hydroxylation is 3. The minimum absolute atomic E-state index is 0.199. The summed E-state index contributed by atoms with van der Waals surface area (Å²) in [6.07, 6.45) is 1.75. The van der Waals surface area contributed by atoms with Crippen molar-refractivity contribution in [2.45, 2.75) is 26.8 Å². The molecule has 0 spiro atoms. The van der Waals surface area contributed by atoms with Crippen molar-refractivity contribution >= 4 is 35.6 Å². The molecule has 3 aromatic carbocycles. The van der Waals surface area contributed by atoms with Gasteiger partial charge in [-0.05, 0) is 42.4 Å². The third kappa shape index (κ3) is 5.42. The molecule has 0 unspecified atom stereocenters. The van der Waals surface area contributed by atoms with Gasteiger partial charge in [0.25, 0.3) is 0 Å². The van der Waals surface area contributed by atoms with E-state index in [0.29, 0.717) is 6.04 Å². The first-order valence-corrected chi connectivity index (χ1v) is 12.8. The normalized spacial score (nSPS) is 11.5. The minimum Gasteiger partial charge on any atom is -0.478 e. The molecule has 0 saturated carbocycles. The number of hydrogen-bond acceptors (Lipinski definition) is 3. The number of aliphatic carboxylic acids is 1. The molecular formula is C27H28O4Si. The number of carboxylic acids is 1. The van der Waals surface area contributed by atoms with Crippen LogP contribution in [0.15, 0.2) is 84.9 Å². The van der Waals surface area contributed by atoms with E-state index in [-0.39, 0.29) is 6.61 Å². The van der Waals surface area contributed by atoms with Gasteiger partial charge in [0.2, 0.25) is 0 Å². The van der Waals surface area contributed by atoms with Crippen molar-refractivity contribution in [3.63, 3.8) is 0 Å². The summed E-state index contributed by atoms with van der Waals surface area (Å²) in [5.41, 5.74) is 3.57. The monoisotopic (exact) mass is 444 g/mol. The Morgan fingerprint density at radius 3 is 1.44 bits per heavy atom. The van der Waals surface area contributed by atoms with Crippen molar-refractivity contribution < 1.29 is 19.4 Å². The minimum atomic E-state index is -2.52. The predicted molar refractivity (Wildman–Crippen MR) is 131 cm³/mol. The predicted octanol–water partition coefficient (Wildman–Crippen LogP) is 3.27. The van der Waals surface area contributed by atoms with Crippen molar-refractivity contribution in [2.24, 2.45) is 0 Å². The Labute approximate surface area is 190 Å². The molecule has 0 heterocycles. The molecule has 0 aliphatic heterocycles. The summed E-state index contributed by atoms with van der Waals surface area (Å²) in [5.74, 6) is -1.82. The van der Waals surface area contributed by atoms with Crippen molar-refractivity contribution in [3.8, 4) is 0 Å². The molecule has 3 aromatic rings. The maximum atomic E-state index is 12.0. The van der Waals surface area contributed by atoms with E-state index < -0.39 is 20.0 Å². The number of rotatable bonds is 8. The summed E-state index contributed by atoms with van der Waals surface area (Å²) in [4.78, 5) is 22.7. The lowest BCUT2D eigenvalue weighted by Crippen LogP contribution is -2.67. The second-order valence-corrected chi connectivity index (χ2v) is 12.1. The number of hydrogen-bond donors (Lipinski definition) is 1. The van der Waals surface area contributed by atoms with Crippen LogP contribution >= 0.6 is 0 Å². The molecule has 0 aliphatic carbocycles. The Balaban J connectivity index is 2.09. The Hall–Kier alpha value is -3.44. The number of ether oxygens (including phenoxy) is 1. The first-order valence-electron chi connectivity index (χ1n) is 10.6. The van der Waals surface area contributed by atoms with E-state index in [9.17, 15) is 9.59 Å². The summed E-state index contributed by atoms with van der Waals surface area (Å²) >= 11 is 0. The molecule has 0 saturated heterocycles. The highest BCUT2D eigenvalue weighted by Crippen LogP contribution is 2.15. The van der Waals surface area contributed by atoms with Gasteiger partial charge in [-0.2, -0.15) is 0 Å². The lowest BCUT2D eigenvalue weighted by molar-refractivity contribution is -0.138. The number of carbonyl (C=O) groups is 2. The molecular weight excluding hydrogens is 416 g/mol. The van der Waals surface area contributed by atoms with Gasteiger partial charge in [0, 0.05) is 12.2 Å². The Kier molecular flexibility index (Phi) is 7.43. The first-order chi connectivity index (χ1) is 15.3. The zero-order valence-corrected chi connectivity index (χ0v) is 19.7. The average Bonchev–Trinajstić information content (AvgIpc) is 2.77. The van der Waals surface area contributed by atoms with Crippen molar-refractivity contribution in [3.05, 3.63) is 102 Å². The van der Waals surface area contributed by atoms with Crippen molar-refractivity contribution in [2.75, 3.05) is 6.61 Å².